The van der Waals surface area contributed by atoms with Crippen LogP contribution in [0.25, 0.3) is 11.0 Å². The minimum atomic E-state index is -4.41. The lowest BCUT2D eigenvalue weighted by Crippen LogP contribution is -2.43. The summed E-state index contributed by atoms with van der Waals surface area (Å²) in [7, 11) is -4.41. The Morgan fingerprint density at radius 1 is 0.946 bits per heavy atom. The topological polar surface area (TPSA) is 112 Å². The van der Waals surface area contributed by atoms with Crippen molar-refractivity contribution in [3.05, 3.63) is 102 Å². The van der Waals surface area contributed by atoms with Crippen molar-refractivity contribution in [3.63, 3.8) is 0 Å². The van der Waals surface area contributed by atoms with Gasteiger partial charge < -0.3 is 13.9 Å². The van der Waals surface area contributed by atoms with E-state index in [4.69, 9.17) is 13.9 Å². The molecule has 1 atom stereocenters. The van der Waals surface area contributed by atoms with Gasteiger partial charge in [-0.2, -0.15) is 4.72 Å². The van der Waals surface area contributed by atoms with Gasteiger partial charge in [0.1, 0.15) is 28.9 Å². The normalized spacial score (nSPS) is 12.3. The Bertz CT molecular complexity index is 1520. The standard InChI is InChI=1S/C27H24FNO7S/c1-2-34-27(31)25-20(19-12-6-8-14-23(19)36-25)17-35-26(30)22(16-18-10-4-3-5-11-18)29-37(32,33)24-15-9-7-13-21(24)28/h3-15,22,29H,2,16-17H2,1H3/t22-/m0/s1. The highest BCUT2D eigenvalue weighted by atomic mass is 32.2. The molecule has 1 aromatic heterocycles. The molecular weight excluding hydrogens is 501 g/mol. The number of carbonyl (C=O) groups is 2. The van der Waals surface area contributed by atoms with Gasteiger partial charge in [-0.15, -0.1) is 0 Å². The summed E-state index contributed by atoms with van der Waals surface area (Å²) in [6.45, 7) is 1.39. The van der Waals surface area contributed by atoms with Crippen LogP contribution in [0.5, 0.6) is 0 Å². The molecule has 0 aliphatic heterocycles. The van der Waals surface area contributed by atoms with Gasteiger partial charge in [-0.3, -0.25) is 4.79 Å². The van der Waals surface area contributed by atoms with Crippen molar-refractivity contribution in [2.75, 3.05) is 6.61 Å². The first-order valence-electron chi connectivity index (χ1n) is 11.4. The third-order valence-corrected chi connectivity index (χ3v) is 7.01. The third kappa shape index (κ3) is 6.04. The van der Waals surface area contributed by atoms with E-state index in [2.05, 4.69) is 4.72 Å². The summed E-state index contributed by atoms with van der Waals surface area (Å²) >= 11 is 0. The van der Waals surface area contributed by atoms with E-state index in [1.807, 2.05) is 0 Å². The fraction of sp³-hybridized carbons (Fsp3) is 0.185. The van der Waals surface area contributed by atoms with Crippen molar-refractivity contribution < 1.29 is 36.3 Å². The van der Waals surface area contributed by atoms with Gasteiger partial charge >= 0.3 is 11.9 Å². The molecule has 3 aromatic carbocycles. The number of hydrogen-bond donors (Lipinski definition) is 1. The average Bonchev–Trinajstić information content (AvgIpc) is 3.26. The number of halogens is 1. The lowest BCUT2D eigenvalue weighted by molar-refractivity contribution is -0.147. The number of carbonyl (C=O) groups excluding carboxylic acids is 2. The highest BCUT2D eigenvalue weighted by Crippen LogP contribution is 2.27. The number of esters is 2. The number of ether oxygens (including phenoxy) is 2. The van der Waals surface area contributed by atoms with E-state index in [0.717, 1.165) is 12.1 Å². The summed E-state index contributed by atoms with van der Waals surface area (Å²) in [5.74, 6) is -2.69. The van der Waals surface area contributed by atoms with Gasteiger partial charge in [0.2, 0.25) is 15.8 Å². The van der Waals surface area contributed by atoms with E-state index >= 15 is 0 Å². The highest BCUT2D eigenvalue weighted by molar-refractivity contribution is 7.89. The van der Waals surface area contributed by atoms with Gasteiger partial charge in [-0.1, -0.05) is 60.7 Å². The zero-order valence-electron chi connectivity index (χ0n) is 19.8. The SMILES string of the molecule is CCOC(=O)c1oc2ccccc2c1COC(=O)[C@H](Cc1ccccc1)NS(=O)(=O)c1ccccc1F. The van der Waals surface area contributed by atoms with Crippen LogP contribution in [0.2, 0.25) is 0 Å². The summed E-state index contributed by atoms with van der Waals surface area (Å²) < 4.78 is 58.6. The first-order chi connectivity index (χ1) is 17.8. The molecule has 8 nitrogen and oxygen atoms in total. The molecule has 0 fully saturated rings. The molecule has 0 saturated carbocycles. The zero-order valence-corrected chi connectivity index (χ0v) is 20.7. The van der Waals surface area contributed by atoms with Crippen LogP contribution in [0.1, 0.15) is 28.6 Å². The molecule has 10 heteroatoms. The van der Waals surface area contributed by atoms with Gasteiger partial charge in [-0.05, 0) is 37.1 Å². The van der Waals surface area contributed by atoms with Crippen molar-refractivity contribution in [1.82, 2.24) is 4.72 Å². The quantitative estimate of drug-likeness (QED) is 0.306. The number of benzene rings is 3. The molecule has 1 N–H and O–H groups in total. The Morgan fingerprint density at radius 3 is 2.35 bits per heavy atom. The molecule has 192 valence electrons. The van der Waals surface area contributed by atoms with Crippen LogP contribution in [-0.4, -0.2) is 33.0 Å². The number of para-hydroxylation sites is 1. The lowest BCUT2D eigenvalue weighted by atomic mass is 10.1. The van der Waals surface area contributed by atoms with E-state index in [9.17, 15) is 22.4 Å². The smallest absolute Gasteiger partial charge is 0.374 e. The predicted molar refractivity (Wildman–Crippen MR) is 133 cm³/mol. The first kappa shape index (κ1) is 26.1. The van der Waals surface area contributed by atoms with Crippen molar-refractivity contribution in [1.29, 1.82) is 0 Å². The molecule has 4 rings (SSSR count). The number of sulfonamides is 1. The third-order valence-electron chi connectivity index (χ3n) is 5.51. The number of hydrogen-bond acceptors (Lipinski definition) is 7. The first-order valence-corrected chi connectivity index (χ1v) is 12.9. The second-order valence-electron chi connectivity index (χ2n) is 8.03. The Kier molecular flexibility index (Phi) is 8.00. The Labute approximate surface area is 213 Å². The number of nitrogens with one attached hydrogen (secondary N) is 1. The fourth-order valence-corrected chi connectivity index (χ4v) is 5.05. The largest absolute Gasteiger partial charge is 0.460 e. The molecule has 37 heavy (non-hydrogen) atoms. The summed E-state index contributed by atoms with van der Waals surface area (Å²) in [5.41, 5.74) is 1.34. The van der Waals surface area contributed by atoms with Crippen molar-refractivity contribution in [2.24, 2.45) is 0 Å². The Hall–Kier alpha value is -4.02. The van der Waals surface area contributed by atoms with Crippen molar-refractivity contribution in [2.45, 2.75) is 30.9 Å². The molecule has 0 amide bonds. The second-order valence-corrected chi connectivity index (χ2v) is 9.71. The van der Waals surface area contributed by atoms with Crippen LogP contribution in [0.15, 0.2) is 88.2 Å². The van der Waals surface area contributed by atoms with Crippen molar-refractivity contribution in [3.8, 4) is 0 Å². The van der Waals surface area contributed by atoms with Crippen LogP contribution in [0.4, 0.5) is 4.39 Å². The molecule has 4 aromatic rings. The van der Waals surface area contributed by atoms with E-state index in [0.29, 0.717) is 16.5 Å². The van der Waals surface area contributed by atoms with Gasteiger partial charge in [0.15, 0.2) is 0 Å². The van der Waals surface area contributed by atoms with Gasteiger partial charge in [-0.25, -0.2) is 17.6 Å². The fourth-order valence-electron chi connectivity index (χ4n) is 3.78. The van der Waals surface area contributed by atoms with Crippen LogP contribution >= 0.6 is 0 Å². The molecule has 0 radical (unpaired) electrons. The summed E-state index contributed by atoms with van der Waals surface area (Å²) in [6, 6.07) is 19.0. The molecule has 1 heterocycles. The lowest BCUT2D eigenvalue weighted by Gasteiger charge is -2.18. The van der Waals surface area contributed by atoms with E-state index in [1.165, 1.54) is 12.1 Å². The monoisotopic (exact) mass is 525 g/mol. The number of fused-ring (bicyclic) bond motifs is 1. The van der Waals surface area contributed by atoms with Crippen LogP contribution < -0.4 is 4.72 Å². The van der Waals surface area contributed by atoms with Crippen LogP contribution in [0, 0.1) is 5.82 Å². The average molecular weight is 526 g/mol. The molecular formula is C27H24FNO7S. The molecule has 0 bridgehead atoms. The molecule has 0 aliphatic carbocycles. The predicted octanol–water partition coefficient (Wildman–Crippen LogP) is 4.38. The second kappa shape index (κ2) is 11.4. The summed E-state index contributed by atoms with van der Waals surface area (Å²) in [6.07, 6.45) is -0.0514. The minimum Gasteiger partial charge on any atom is -0.460 e. The van der Waals surface area contributed by atoms with Gasteiger partial charge in [0.25, 0.3) is 0 Å². The number of furan rings is 1. The zero-order chi connectivity index (χ0) is 26.4. The van der Waals surface area contributed by atoms with Crippen molar-refractivity contribution >= 4 is 32.9 Å². The maximum atomic E-state index is 14.2. The van der Waals surface area contributed by atoms with Gasteiger partial charge in [0, 0.05) is 5.39 Å². The number of rotatable bonds is 10. The molecule has 0 spiro atoms. The van der Waals surface area contributed by atoms with Gasteiger partial charge in [0.05, 0.1) is 12.2 Å². The Morgan fingerprint density at radius 2 is 1.62 bits per heavy atom. The maximum absolute atomic E-state index is 14.2. The summed E-state index contributed by atoms with van der Waals surface area (Å²) in [4.78, 5) is 25.0. The van der Waals surface area contributed by atoms with E-state index in [-0.39, 0.29) is 31.0 Å². The highest BCUT2D eigenvalue weighted by Gasteiger charge is 2.30. The molecule has 0 saturated heterocycles. The minimum absolute atomic E-state index is 0.0514. The van der Waals surface area contributed by atoms with Crippen LogP contribution in [-0.2, 0) is 37.3 Å². The molecule has 0 unspecified atom stereocenters. The van der Waals surface area contributed by atoms with E-state index in [1.54, 1.807) is 61.5 Å². The molecule has 0 aliphatic rings. The summed E-state index contributed by atoms with van der Waals surface area (Å²) in [5, 5.41) is 0.546. The van der Waals surface area contributed by atoms with Crippen LogP contribution in [0.3, 0.4) is 0 Å². The maximum Gasteiger partial charge on any atom is 0.374 e. The Balaban J connectivity index is 1.61. The van der Waals surface area contributed by atoms with E-state index < -0.39 is 38.7 Å².